The van der Waals surface area contributed by atoms with E-state index in [-0.39, 0.29) is 11.5 Å². The van der Waals surface area contributed by atoms with Crippen LogP contribution in [0, 0.1) is 0 Å². The van der Waals surface area contributed by atoms with E-state index < -0.39 is 0 Å². The molecule has 0 atom stereocenters. The smallest absolute Gasteiger partial charge is 0.258 e. The molecule has 0 spiro atoms. The number of para-hydroxylation sites is 1. The lowest BCUT2D eigenvalue weighted by Gasteiger charge is -2.05. The standard InChI is InChI=1S/C18H18N4O2/c23-17(20-12-13-8-10-19-11-9-13)7-3-6-16-21-15-5-2-1-4-14(15)18(24)22-16/h1-2,4-5,8-11H,3,6-7,12H2,(H,20,23)(H,21,22,24). The second-order valence-corrected chi connectivity index (χ2v) is 5.52. The lowest BCUT2D eigenvalue weighted by Crippen LogP contribution is -2.22. The van der Waals surface area contributed by atoms with Crippen LogP contribution >= 0.6 is 0 Å². The minimum Gasteiger partial charge on any atom is -0.352 e. The molecule has 0 bridgehead atoms. The fourth-order valence-corrected chi connectivity index (χ4v) is 2.46. The van der Waals surface area contributed by atoms with Crippen molar-refractivity contribution >= 4 is 16.8 Å². The summed E-state index contributed by atoms with van der Waals surface area (Å²) in [5.41, 5.74) is 1.55. The molecule has 0 aliphatic carbocycles. The van der Waals surface area contributed by atoms with E-state index in [1.165, 1.54) is 0 Å². The van der Waals surface area contributed by atoms with Gasteiger partial charge in [-0.15, -0.1) is 0 Å². The van der Waals surface area contributed by atoms with E-state index in [4.69, 9.17) is 0 Å². The van der Waals surface area contributed by atoms with Crippen molar-refractivity contribution in [3.8, 4) is 0 Å². The highest BCUT2D eigenvalue weighted by Crippen LogP contribution is 2.07. The number of rotatable bonds is 6. The van der Waals surface area contributed by atoms with Crippen molar-refractivity contribution in [3.63, 3.8) is 0 Å². The monoisotopic (exact) mass is 322 g/mol. The average Bonchev–Trinajstić information content (AvgIpc) is 2.61. The first kappa shape index (κ1) is 15.9. The van der Waals surface area contributed by atoms with Crippen LogP contribution < -0.4 is 10.9 Å². The van der Waals surface area contributed by atoms with E-state index in [1.54, 1.807) is 18.5 Å². The summed E-state index contributed by atoms with van der Waals surface area (Å²) in [4.78, 5) is 35.0. The van der Waals surface area contributed by atoms with Gasteiger partial charge in [-0.05, 0) is 36.2 Å². The maximum Gasteiger partial charge on any atom is 0.258 e. The Morgan fingerprint density at radius 2 is 1.92 bits per heavy atom. The molecule has 24 heavy (non-hydrogen) atoms. The minimum atomic E-state index is -0.141. The minimum absolute atomic E-state index is 0.0186. The van der Waals surface area contributed by atoms with Crippen molar-refractivity contribution in [1.29, 1.82) is 0 Å². The van der Waals surface area contributed by atoms with E-state index in [1.807, 2.05) is 30.3 Å². The summed E-state index contributed by atoms with van der Waals surface area (Å²) in [5.74, 6) is 0.593. The fraction of sp³-hybridized carbons (Fsp3) is 0.222. The van der Waals surface area contributed by atoms with E-state index in [0.717, 1.165) is 5.56 Å². The highest BCUT2D eigenvalue weighted by molar-refractivity contribution is 5.77. The molecule has 2 heterocycles. The van der Waals surface area contributed by atoms with Crippen molar-refractivity contribution in [2.45, 2.75) is 25.8 Å². The molecule has 1 amide bonds. The Kier molecular flexibility index (Phi) is 4.96. The van der Waals surface area contributed by atoms with E-state index >= 15 is 0 Å². The van der Waals surface area contributed by atoms with E-state index in [0.29, 0.717) is 42.5 Å². The number of hydrogen-bond donors (Lipinski definition) is 2. The maximum atomic E-state index is 12.0. The Balaban J connectivity index is 1.51. The number of amides is 1. The van der Waals surface area contributed by atoms with Gasteiger partial charge >= 0.3 is 0 Å². The first-order valence-corrected chi connectivity index (χ1v) is 7.86. The highest BCUT2D eigenvalue weighted by Gasteiger charge is 2.05. The molecular formula is C18H18N4O2. The molecule has 0 saturated heterocycles. The fourth-order valence-electron chi connectivity index (χ4n) is 2.46. The second-order valence-electron chi connectivity index (χ2n) is 5.52. The molecule has 3 aromatic rings. The molecule has 0 aliphatic heterocycles. The molecular weight excluding hydrogens is 304 g/mol. The number of aromatic amines is 1. The van der Waals surface area contributed by atoms with Gasteiger partial charge in [0.1, 0.15) is 5.82 Å². The number of hydrogen-bond acceptors (Lipinski definition) is 4. The SMILES string of the molecule is O=C(CCCc1nc2ccccc2c(=O)[nH]1)NCc1ccncc1. The van der Waals surface area contributed by atoms with Crippen LogP contribution in [0.15, 0.2) is 53.6 Å². The van der Waals surface area contributed by atoms with Gasteiger partial charge in [-0.3, -0.25) is 14.6 Å². The van der Waals surface area contributed by atoms with Gasteiger partial charge in [0.05, 0.1) is 10.9 Å². The molecule has 0 aliphatic rings. The number of nitrogens with zero attached hydrogens (tertiary/aromatic N) is 2. The zero-order valence-corrected chi connectivity index (χ0v) is 13.2. The third-order valence-corrected chi connectivity index (χ3v) is 3.72. The summed E-state index contributed by atoms with van der Waals surface area (Å²) in [7, 11) is 0. The first-order chi connectivity index (χ1) is 11.7. The number of aromatic nitrogens is 3. The van der Waals surface area contributed by atoms with Crippen LogP contribution in [-0.2, 0) is 17.8 Å². The molecule has 2 N–H and O–H groups in total. The summed E-state index contributed by atoms with van der Waals surface area (Å²) < 4.78 is 0. The summed E-state index contributed by atoms with van der Waals surface area (Å²) in [6, 6.07) is 11.0. The van der Waals surface area contributed by atoms with Gasteiger partial charge in [-0.2, -0.15) is 0 Å². The molecule has 0 unspecified atom stereocenters. The maximum absolute atomic E-state index is 12.0. The third-order valence-electron chi connectivity index (χ3n) is 3.72. The quantitative estimate of drug-likeness (QED) is 0.726. The van der Waals surface area contributed by atoms with Gasteiger partial charge in [0, 0.05) is 31.8 Å². The van der Waals surface area contributed by atoms with Crippen LogP contribution in [0.4, 0.5) is 0 Å². The average molecular weight is 322 g/mol. The van der Waals surface area contributed by atoms with Crippen LogP contribution in [-0.4, -0.2) is 20.9 Å². The molecule has 0 fully saturated rings. The van der Waals surface area contributed by atoms with Crippen molar-refractivity contribution in [2.24, 2.45) is 0 Å². The van der Waals surface area contributed by atoms with Gasteiger partial charge in [0.15, 0.2) is 0 Å². The summed E-state index contributed by atoms with van der Waals surface area (Å²) >= 11 is 0. The van der Waals surface area contributed by atoms with Crippen LogP contribution in [0.1, 0.15) is 24.2 Å². The number of pyridine rings is 1. The molecule has 0 radical (unpaired) electrons. The van der Waals surface area contributed by atoms with Gasteiger partial charge in [-0.25, -0.2) is 4.98 Å². The summed E-state index contributed by atoms with van der Waals surface area (Å²) in [6.07, 6.45) is 4.97. The number of carbonyl (C=O) groups excluding carboxylic acids is 1. The highest BCUT2D eigenvalue weighted by atomic mass is 16.1. The molecule has 122 valence electrons. The van der Waals surface area contributed by atoms with Crippen LogP contribution in [0.5, 0.6) is 0 Å². The zero-order chi connectivity index (χ0) is 16.8. The molecule has 0 saturated carbocycles. The van der Waals surface area contributed by atoms with Crippen LogP contribution in [0.2, 0.25) is 0 Å². The predicted octanol–water partition coefficient (Wildman–Crippen LogP) is 1.96. The molecule has 6 nitrogen and oxygen atoms in total. The number of aryl methyl sites for hydroxylation is 1. The third kappa shape index (κ3) is 4.04. The van der Waals surface area contributed by atoms with Gasteiger partial charge in [0.25, 0.3) is 5.56 Å². The normalized spacial score (nSPS) is 10.7. The Morgan fingerprint density at radius 3 is 2.75 bits per heavy atom. The molecule has 3 rings (SSSR count). The number of nitrogens with one attached hydrogen (secondary N) is 2. The lowest BCUT2D eigenvalue weighted by atomic mass is 10.2. The van der Waals surface area contributed by atoms with Gasteiger partial charge in [-0.1, -0.05) is 12.1 Å². The van der Waals surface area contributed by atoms with Crippen LogP contribution in [0.25, 0.3) is 10.9 Å². The number of benzene rings is 1. The largest absolute Gasteiger partial charge is 0.352 e. The second kappa shape index (κ2) is 7.50. The zero-order valence-electron chi connectivity index (χ0n) is 13.2. The number of H-pyrrole nitrogens is 1. The van der Waals surface area contributed by atoms with Gasteiger partial charge in [0.2, 0.25) is 5.91 Å². The Labute approximate surface area is 139 Å². The van der Waals surface area contributed by atoms with E-state index in [2.05, 4.69) is 20.3 Å². The lowest BCUT2D eigenvalue weighted by molar-refractivity contribution is -0.121. The van der Waals surface area contributed by atoms with Crippen molar-refractivity contribution in [3.05, 3.63) is 70.5 Å². The Bertz CT molecular complexity index is 890. The summed E-state index contributed by atoms with van der Waals surface area (Å²) in [6.45, 7) is 0.492. The summed E-state index contributed by atoms with van der Waals surface area (Å²) in [5, 5.41) is 3.45. The van der Waals surface area contributed by atoms with Gasteiger partial charge < -0.3 is 10.3 Å². The first-order valence-electron chi connectivity index (χ1n) is 7.86. The number of fused-ring (bicyclic) bond motifs is 1. The number of carbonyl (C=O) groups is 1. The Hall–Kier alpha value is -3.02. The van der Waals surface area contributed by atoms with Crippen molar-refractivity contribution in [2.75, 3.05) is 0 Å². The van der Waals surface area contributed by atoms with Crippen molar-refractivity contribution < 1.29 is 4.79 Å². The molecule has 2 aromatic heterocycles. The topological polar surface area (TPSA) is 87.7 Å². The molecule has 6 heteroatoms. The Morgan fingerprint density at radius 1 is 1.12 bits per heavy atom. The van der Waals surface area contributed by atoms with Crippen LogP contribution in [0.3, 0.4) is 0 Å². The molecule has 1 aromatic carbocycles. The predicted molar refractivity (Wildman–Crippen MR) is 91.4 cm³/mol. The van der Waals surface area contributed by atoms with Crippen molar-refractivity contribution in [1.82, 2.24) is 20.3 Å². The van der Waals surface area contributed by atoms with E-state index in [9.17, 15) is 9.59 Å².